The van der Waals surface area contributed by atoms with Gasteiger partial charge < -0.3 is 4.90 Å². The van der Waals surface area contributed by atoms with Crippen LogP contribution in [-0.4, -0.2) is 37.9 Å². The molecular weight excluding hydrogens is 295 g/mol. The van der Waals surface area contributed by atoms with Gasteiger partial charge in [0.15, 0.2) is 5.69 Å². The van der Waals surface area contributed by atoms with Crippen molar-refractivity contribution in [2.75, 3.05) is 0 Å². The van der Waals surface area contributed by atoms with Crippen molar-refractivity contribution in [3.63, 3.8) is 0 Å². The van der Waals surface area contributed by atoms with Gasteiger partial charge in [0, 0.05) is 12.1 Å². The second kappa shape index (κ2) is 5.44. The molecule has 2 aliphatic carbocycles. The van der Waals surface area contributed by atoms with Crippen molar-refractivity contribution < 1.29 is 9.18 Å². The first-order valence-corrected chi connectivity index (χ1v) is 8.14. The highest BCUT2D eigenvalue weighted by Crippen LogP contribution is 2.40. The molecule has 6 heteroatoms. The van der Waals surface area contributed by atoms with E-state index in [9.17, 15) is 9.18 Å². The van der Waals surface area contributed by atoms with Gasteiger partial charge in [-0.05, 0) is 62.8 Å². The van der Waals surface area contributed by atoms with Crippen LogP contribution < -0.4 is 0 Å². The Bertz CT molecular complexity index is 718. The number of carbonyl (C=O) groups is 1. The number of hydrogen-bond acceptors (Lipinski definition) is 3. The van der Waals surface area contributed by atoms with Crippen LogP contribution in [-0.2, 0) is 0 Å². The first-order valence-electron chi connectivity index (χ1n) is 8.14. The van der Waals surface area contributed by atoms with Crippen LogP contribution in [0.3, 0.4) is 0 Å². The van der Waals surface area contributed by atoms with Gasteiger partial charge in [-0.15, -0.1) is 5.10 Å². The van der Waals surface area contributed by atoms with E-state index >= 15 is 0 Å². The van der Waals surface area contributed by atoms with Gasteiger partial charge in [-0.3, -0.25) is 4.79 Å². The fourth-order valence-electron chi connectivity index (χ4n) is 3.06. The summed E-state index contributed by atoms with van der Waals surface area (Å²) < 4.78 is 14.5. The Morgan fingerprint density at radius 1 is 1.26 bits per heavy atom. The Hall–Kier alpha value is -2.24. The normalized spacial score (nSPS) is 18.7. The van der Waals surface area contributed by atoms with Crippen molar-refractivity contribution >= 4 is 5.91 Å². The number of amides is 1. The molecule has 2 aromatic rings. The van der Waals surface area contributed by atoms with E-state index in [4.69, 9.17) is 0 Å². The summed E-state index contributed by atoms with van der Waals surface area (Å²) in [5, 5.41) is 8.05. The van der Waals surface area contributed by atoms with Crippen LogP contribution in [0.5, 0.6) is 0 Å². The summed E-state index contributed by atoms with van der Waals surface area (Å²) in [4.78, 5) is 14.8. The molecule has 5 nitrogen and oxygen atoms in total. The number of rotatable bonds is 5. The van der Waals surface area contributed by atoms with Crippen molar-refractivity contribution in [3.8, 4) is 5.69 Å². The van der Waals surface area contributed by atoms with Gasteiger partial charge in [0.2, 0.25) is 0 Å². The Morgan fingerprint density at radius 2 is 1.96 bits per heavy atom. The maximum atomic E-state index is 13.0. The van der Waals surface area contributed by atoms with E-state index in [2.05, 4.69) is 17.2 Å². The number of benzene rings is 1. The summed E-state index contributed by atoms with van der Waals surface area (Å²) >= 11 is 0. The highest BCUT2D eigenvalue weighted by molar-refractivity contribution is 5.92. The molecule has 0 saturated heterocycles. The van der Waals surface area contributed by atoms with Crippen LogP contribution in [0, 0.1) is 11.7 Å². The Balaban J connectivity index is 1.57. The molecule has 2 fully saturated rings. The van der Waals surface area contributed by atoms with Crippen LogP contribution in [0.4, 0.5) is 4.39 Å². The minimum absolute atomic E-state index is 0.0414. The minimum atomic E-state index is -0.302. The molecule has 0 radical (unpaired) electrons. The Kier molecular flexibility index (Phi) is 3.39. The summed E-state index contributed by atoms with van der Waals surface area (Å²) in [6.45, 7) is 2.14. The van der Waals surface area contributed by atoms with Crippen LogP contribution in [0.25, 0.3) is 5.69 Å². The summed E-state index contributed by atoms with van der Waals surface area (Å²) in [6.07, 6.45) is 6.20. The lowest BCUT2D eigenvalue weighted by atomic mass is 10.1. The average molecular weight is 314 g/mol. The van der Waals surface area contributed by atoms with E-state index in [1.165, 1.54) is 29.7 Å². The highest BCUT2D eigenvalue weighted by Gasteiger charge is 2.42. The average Bonchev–Trinajstić information content (AvgIpc) is 3.47. The zero-order valence-electron chi connectivity index (χ0n) is 13.0. The van der Waals surface area contributed by atoms with E-state index in [0.717, 1.165) is 12.8 Å². The number of hydrogen-bond donors (Lipinski definition) is 0. The first kappa shape index (κ1) is 14.4. The van der Waals surface area contributed by atoms with Crippen molar-refractivity contribution in [1.29, 1.82) is 0 Å². The number of nitrogens with zero attached hydrogens (tertiary/aromatic N) is 4. The van der Waals surface area contributed by atoms with Gasteiger partial charge in [-0.25, -0.2) is 9.07 Å². The fraction of sp³-hybridized carbons (Fsp3) is 0.471. The number of aromatic nitrogens is 3. The molecule has 1 aromatic carbocycles. The molecule has 0 aliphatic heterocycles. The summed E-state index contributed by atoms with van der Waals surface area (Å²) in [7, 11) is 0. The second-order valence-corrected chi connectivity index (χ2v) is 6.55. The third-order valence-electron chi connectivity index (χ3n) is 4.72. The lowest BCUT2D eigenvalue weighted by Crippen LogP contribution is -2.41. The molecule has 0 N–H and O–H groups in total. The lowest BCUT2D eigenvalue weighted by molar-refractivity contribution is 0.0648. The topological polar surface area (TPSA) is 51.0 Å². The SMILES string of the molecule is C[C@H](C1CC1)N(C(=O)c1cn(-c2ccc(F)cc2)nn1)C1CC1. The molecule has 1 atom stereocenters. The van der Waals surface area contributed by atoms with Gasteiger partial charge in [0.05, 0.1) is 11.9 Å². The molecule has 1 heterocycles. The minimum Gasteiger partial charge on any atom is -0.331 e. The molecule has 2 aliphatic rings. The number of carbonyl (C=O) groups excluding carboxylic acids is 1. The van der Waals surface area contributed by atoms with E-state index in [1.807, 2.05) is 4.90 Å². The standard InChI is InChI=1S/C17H19FN4O/c1-11(12-2-3-12)22(15-8-9-15)17(23)16-10-21(20-19-16)14-6-4-13(18)5-7-14/h4-7,10-12,15H,2-3,8-9H2,1H3/t11-/m1/s1. The van der Waals surface area contributed by atoms with Gasteiger partial charge in [0.25, 0.3) is 5.91 Å². The summed E-state index contributed by atoms with van der Waals surface area (Å²) in [5.41, 5.74) is 1.04. The van der Waals surface area contributed by atoms with Crippen LogP contribution >= 0.6 is 0 Å². The van der Waals surface area contributed by atoms with Crippen molar-refractivity contribution in [2.24, 2.45) is 5.92 Å². The molecule has 4 rings (SSSR count). The third-order valence-corrected chi connectivity index (χ3v) is 4.72. The predicted octanol–water partition coefficient (Wildman–Crippen LogP) is 2.81. The number of halogens is 1. The molecule has 0 bridgehead atoms. The fourth-order valence-corrected chi connectivity index (χ4v) is 3.06. The molecule has 0 unspecified atom stereocenters. The maximum absolute atomic E-state index is 13.0. The van der Waals surface area contributed by atoms with Crippen LogP contribution in [0.15, 0.2) is 30.5 Å². The van der Waals surface area contributed by atoms with E-state index < -0.39 is 0 Å². The molecule has 23 heavy (non-hydrogen) atoms. The first-order chi connectivity index (χ1) is 11.1. The van der Waals surface area contributed by atoms with Crippen molar-refractivity contribution in [2.45, 2.75) is 44.7 Å². The van der Waals surface area contributed by atoms with Gasteiger partial charge in [0.1, 0.15) is 5.82 Å². The van der Waals surface area contributed by atoms with Crippen molar-refractivity contribution in [1.82, 2.24) is 19.9 Å². The van der Waals surface area contributed by atoms with Crippen LogP contribution in [0.1, 0.15) is 43.1 Å². The molecule has 0 spiro atoms. The smallest absolute Gasteiger partial charge is 0.276 e. The Labute approximate surface area is 134 Å². The molecule has 1 amide bonds. The second-order valence-electron chi connectivity index (χ2n) is 6.55. The molecule has 120 valence electrons. The predicted molar refractivity (Wildman–Crippen MR) is 82.7 cm³/mol. The lowest BCUT2D eigenvalue weighted by Gasteiger charge is -2.28. The molecular formula is C17H19FN4O. The quantitative estimate of drug-likeness (QED) is 0.853. The molecule has 2 saturated carbocycles. The zero-order chi connectivity index (χ0) is 16.0. The van der Waals surface area contributed by atoms with E-state index in [1.54, 1.807) is 18.3 Å². The van der Waals surface area contributed by atoms with Crippen LogP contribution in [0.2, 0.25) is 0 Å². The van der Waals surface area contributed by atoms with Gasteiger partial charge in [-0.2, -0.15) is 0 Å². The summed E-state index contributed by atoms with van der Waals surface area (Å²) in [6, 6.07) is 6.59. The largest absolute Gasteiger partial charge is 0.331 e. The third kappa shape index (κ3) is 2.85. The van der Waals surface area contributed by atoms with Gasteiger partial charge >= 0.3 is 0 Å². The van der Waals surface area contributed by atoms with Crippen molar-refractivity contribution in [3.05, 3.63) is 42.0 Å². The Morgan fingerprint density at radius 3 is 2.57 bits per heavy atom. The van der Waals surface area contributed by atoms with E-state index in [-0.39, 0.29) is 17.8 Å². The van der Waals surface area contributed by atoms with E-state index in [0.29, 0.717) is 23.3 Å². The highest BCUT2D eigenvalue weighted by atomic mass is 19.1. The zero-order valence-corrected chi connectivity index (χ0v) is 13.0. The maximum Gasteiger partial charge on any atom is 0.276 e. The monoisotopic (exact) mass is 314 g/mol. The van der Waals surface area contributed by atoms with Gasteiger partial charge in [-0.1, -0.05) is 5.21 Å². The molecule has 1 aromatic heterocycles. The summed E-state index contributed by atoms with van der Waals surface area (Å²) in [5.74, 6) is 0.287.